The number of halogens is 1. The lowest BCUT2D eigenvalue weighted by Crippen LogP contribution is -2.46. The van der Waals surface area contributed by atoms with Crippen molar-refractivity contribution in [3.05, 3.63) is 91.3 Å². The zero-order chi connectivity index (χ0) is 36.9. The molecule has 2 fully saturated rings. The van der Waals surface area contributed by atoms with Crippen molar-refractivity contribution < 1.29 is 9.53 Å². The van der Waals surface area contributed by atoms with Gasteiger partial charge >= 0.3 is 11.7 Å². The van der Waals surface area contributed by atoms with Crippen LogP contribution < -0.4 is 31.9 Å². The lowest BCUT2D eigenvalue weighted by molar-refractivity contribution is 0.219. The molecule has 270 valence electrons. The summed E-state index contributed by atoms with van der Waals surface area (Å²) in [5.41, 5.74) is 6.23. The van der Waals surface area contributed by atoms with E-state index in [2.05, 4.69) is 36.9 Å². The third-order valence-electron chi connectivity index (χ3n) is 10.5. The first-order chi connectivity index (χ1) is 25.1. The Morgan fingerprint density at radius 2 is 1.77 bits per heavy atom. The van der Waals surface area contributed by atoms with Crippen LogP contribution in [0.1, 0.15) is 49.4 Å². The molecule has 2 saturated heterocycles. The van der Waals surface area contributed by atoms with Gasteiger partial charge in [0.05, 0.1) is 23.4 Å². The third-order valence-corrected chi connectivity index (χ3v) is 10.9. The summed E-state index contributed by atoms with van der Waals surface area (Å²) in [7, 11) is 4.66. The fourth-order valence-corrected chi connectivity index (χ4v) is 8.18. The van der Waals surface area contributed by atoms with Gasteiger partial charge in [-0.05, 0) is 55.0 Å². The Balaban J connectivity index is 0.00000207. The van der Waals surface area contributed by atoms with Crippen LogP contribution in [0.5, 0.6) is 5.88 Å². The molecule has 3 N–H and O–H groups in total. The van der Waals surface area contributed by atoms with E-state index in [1.807, 2.05) is 57.2 Å². The van der Waals surface area contributed by atoms with Gasteiger partial charge in [0.15, 0.2) is 5.65 Å². The molecule has 1 aliphatic carbocycles. The van der Waals surface area contributed by atoms with Crippen molar-refractivity contribution >= 4 is 40.2 Å². The number of carbonyl (C=O) groups is 1. The van der Waals surface area contributed by atoms with Crippen molar-refractivity contribution in [3.63, 3.8) is 0 Å². The Morgan fingerprint density at radius 1 is 1.02 bits per heavy atom. The first-order valence-electron chi connectivity index (χ1n) is 17.5. The molecule has 1 spiro atoms. The normalized spacial score (nSPS) is 19.3. The maximum atomic E-state index is 13.1. The van der Waals surface area contributed by atoms with Crippen LogP contribution >= 0.6 is 11.6 Å². The molecule has 3 aromatic heterocycles. The lowest BCUT2D eigenvalue weighted by Gasteiger charge is -2.28. The van der Waals surface area contributed by atoms with Crippen LogP contribution in [0.2, 0.25) is 5.02 Å². The van der Waals surface area contributed by atoms with Crippen LogP contribution in [0.25, 0.3) is 33.4 Å². The molecule has 0 saturated carbocycles. The molecular formula is C38H42ClN9O4. The minimum absolute atomic E-state index is 0.0968. The van der Waals surface area contributed by atoms with Gasteiger partial charge < -0.3 is 20.7 Å². The van der Waals surface area contributed by atoms with E-state index < -0.39 is 11.2 Å². The maximum absolute atomic E-state index is 13.1. The highest BCUT2D eigenvalue weighted by Crippen LogP contribution is 2.46. The molecule has 13 nitrogen and oxygen atoms in total. The molecule has 14 heteroatoms. The summed E-state index contributed by atoms with van der Waals surface area (Å²) < 4.78 is 8.30. The number of ether oxygens (including phenoxy) is 1. The minimum atomic E-state index is -0.483. The van der Waals surface area contributed by atoms with Gasteiger partial charge in [0, 0.05) is 62.1 Å². The number of rotatable bonds is 6. The van der Waals surface area contributed by atoms with Gasteiger partial charge in [-0.15, -0.1) is 0 Å². The first kappa shape index (κ1) is 35.1. The predicted molar refractivity (Wildman–Crippen MR) is 203 cm³/mol. The summed E-state index contributed by atoms with van der Waals surface area (Å²) in [5, 5.41) is 10.1. The van der Waals surface area contributed by atoms with E-state index in [0.29, 0.717) is 23.3 Å². The average Bonchev–Trinajstić information content (AvgIpc) is 3.89. The predicted octanol–water partition coefficient (Wildman–Crippen LogP) is 5.24. The Kier molecular flexibility index (Phi) is 9.26. The van der Waals surface area contributed by atoms with E-state index in [4.69, 9.17) is 21.3 Å². The van der Waals surface area contributed by atoms with E-state index >= 15 is 0 Å². The summed E-state index contributed by atoms with van der Waals surface area (Å²) >= 11 is 7.22. The molecule has 0 bridgehead atoms. The number of urea groups is 1. The number of aromatic nitrogens is 5. The van der Waals surface area contributed by atoms with Gasteiger partial charge in [-0.1, -0.05) is 55.8 Å². The maximum Gasteiger partial charge on any atom is 0.332 e. The second-order valence-corrected chi connectivity index (χ2v) is 13.7. The molecule has 0 radical (unpaired) electrons. The van der Waals surface area contributed by atoms with Crippen LogP contribution in [0, 0.1) is 6.92 Å². The summed E-state index contributed by atoms with van der Waals surface area (Å²) in [6.07, 6.45) is 4.07. The quantitative estimate of drug-likeness (QED) is 0.214. The number of hydrogen-bond acceptors (Lipinski definition) is 9. The second kappa shape index (κ2) is 13.7. The number of benzene rings is 2. The number of amides is 2. The molecule has 2 atom stereocenters. The van der Waals surface area contributed by atoms with E-state index in [0.717, 1.165) is 76.1 Å². The van der Waals surface area contributed by atoms with Gasteiger partial charge in [0.2, 0.25) is 5.88 Å². The number of anilines is 2. The van der Waals surface area contributed by atoms with Crippen LogP contribution in [0.3, 0.4) is 0 Å². The molecular weight excluding hydrogens is 682 g/mol. The van der Waals surface area contributed by atoms with Gasteiger partial charge in [-0.2, -0.15) is 0 Å². The summed E-state index contributed by atoms with van der Waals surface area (Å²) in [4.78, 5) is 53.6. The largest absolute Gasteiger partial charge is 0.481 e. The van der Waals surface area contributed by atoms with E-state index in [-0.39, 0.29) is 28.6 Å². The fourth-order valence-electron chi connectivity index (χ4n) is 7.86. The highest BCUT2D eigenvalue weighted by Gasteiger charge is 2.46. The van der Waals surface area contributed by atoms with Gasteiger partial charge in [-0.3, -0.25) is 18.8 Å². The van der Waals surface area contributed by atoms with Crippen molar-refractivity contribution in [2.45, 2.75) is 51.6 Å². The summed E-state index contributed by atoms with van der Waals surface area (Å²) in [6, 6.07) is 13.9. The zero-order valence-corrected chi connectivity index (χ0v) is 30.9. The van der Waals surface area contributed by atoms with Crippen molar-refractivity contribution in [1.29, 1.82) is 0 Å². The highest BCUT2D eigenvalue weighted by atomic mass is 35.5. The third kappa shape index (κ3) is 5.77. The Labute approximate surface area is 306 Å². The van der Waals surface area contributed by atoms with Crippen molar-refractivity contribution in [1.82, 2.24) is 39.6 Å². The number of aryl methyl sites for hydroxylation is 2. The Bertz CT molecular complexity index is 2360. The monoisotopic (exact) mass is 723 g/mol. The van der Waals surface area contributed by atoms with Crippen molar-refractivity contribution in [2.24, 2.45) is 14.1 Å². The number of carbonyl (C=O) groups excluding carboxylic acids is 1. The van der Waals surface area contributed by atoms with E-state index in [1.165, 1.54) is 23.5 Å². The number of hydrogen-bond donors (Lipinski definition) is 3. The van der Waals surface area contributed by atoms with E-state index in [9.17, 15) is 14.4 Å². The number of nitrogens with one attached hydrogen (secondary N) is 3. The van der Waals surface area contributed by atoms with Crippen molar-refractivity contribution in [2.75, 3.05) is 32.1 Å². The number of methoxy groups -OCH3 is 1. The SMILES string of the molecule is CC.COc1nc(-c2cccc(-c3cccc(Nc4ncnc5c4c(=O)n(C)c(=O)n5C)c3C)c2Cl)cc2c1C(N1CCC3(CNC(=O)N3)C1)CC2. The standard InChI is InChI=1S/C36H36ClN9O4.C2H6/c1-19-21(7-6-10-24(19)41-30-28-31(40-18-39-30)44(2)35(49)45(3)33(28)47)22-8-5-9-23(29(22)37)25-15-20-11-12-26(27(20)32(42-25)50-4)46-14-13-36(17-46)16-38-34(48)43-36;1-2/h5-10,15,18,26H,11-14,16-17H2,1-4H3,(H2,38,43,48)(H,39,40,41);1-2H3. The lowest BCUT2D eigenvalue weighted by atomic mass is 9.96. The van der Waals surface area contributed by atoms with Gasteiger partial charge in [0.25, 0.3) is 5.56 Å². The average molecular weight is 724 g/mol. The summed E-state index contributed by atoms with van der Waals surface area (Å²) in [5.74, 6) is 0.895. The molecule has 5 aromatic rings. The summed E-state index contributed by atoms with van der Waals surface area (Å²) in [6.45, 7) is 8.29. The smallest absolute Gasteiger partial charge is 0.332 e. The molecule has 2 unspecified atom stereocenters. The fraction of sp³-hybridized carbons (Fsp3) is 0.368. The molecule has 2 aromatic carbocycles. The second-order valence-electron chi connectivity index (χ2n) is 13.3. The molecule has 3 aliphatic rings. The molecule has 2 amide bonds. The number of fused-ring (bicyclic) bond motifs is 2. The van der Waals surface area contributed by atoms with Gasteiger partial charge in [-0.25, -0.2) is 24.5 Å². The molecule has 8 rings (SSSR count). The topological polar surface area (TPSA) is 148 Å². The van der Waals surface area contributed by atoms with Gasteiger partial charge in [0.1, 0.15) is 17.5 Å². The Morgan fingerprint density at radius 3 is 2.52 bits per heavy atom. The first-order valence-corrected chi connectivity index (χ1v) is 17.9. The molecule has 2 aliphatic heterocycles. The number of nitrogens with zero attached hydrogens (tertiary/aromatic N) is 6. The molecule has 5 heterocycles. The number of pyridine rings is 1. The number of likely N-dealkylation sites (tertiary alicyclic amines) is 1. The minimum Gasteiger partial charge on any atom is -0.481 e. The van der Waals surface area contributed by atoms with Crippen LogP contribution in [-0.2, 0) is 20.5 Å². The van der Waals surface area contributed by atoms with Crippen molar-refractivity contribution in [3.8, 4) is 28.3 Å². The Hall–Kier alpha value is -5.27. The molecule has 52 heavy (non-hydrogen) atoms. The highest BCUT2D eigenvalue weighted by molar-refractivity contribution is 6.36. The van der Waals surface area contributed by atoms with Crippen LogP contribution in [-0.4, -0.2) is 67.3 Å². The van der Waals surface area contributed by atoms with E-state index in [1.54, 1.807) is 14.2 Å². The zero-order valence-electron chi connectivity index (χ0n) is 30.1. The van der Waals surface area contributed by atoms with Crippen LogP contribution in [0.4, 0.5) is 16.3 Å². The van der Waals surface area contributed by atoms with Crippen LogP contribution in [0.15, 0.2) is 58.4 Å².